The third-order valence-electron chi connectivity index (χ3n) is 5.11. The highest BCUT2D eigenvalue weighted by Gasteiger charge is 2.48. The predicted molar refractivity (Wildman–Crippen MR) is 116 cm³/mol. The molecule has 0 amide bonds. The first-order valence-corrected chi connectivity index (χ1v) is 11.1. The van der Waals surface area contributed by atoms with E-state index in [1.54, 1.807) is 42.6 Å². The van der Waals surface area contributed by atoms with Gasteiger partial charge in [0, 0.05) is 19.4 Å². The zero-order valence-electron chi connectivity index (χ0n) is 18.6. The normalized spacial score (nSPS) is 24.6. The Hall–Kier alpha value is -2.98. The van der Waals surface area contributed by atoms with E-state index in [2.05, 4.69) is 0 Å². The molecule has 10 heteroatoms. The zero-order valence-corrected chi connectivity index (χ0v) is 19.4. The van der Waals surface area contributed by atoms with Crippen LogP contribution in [0.25, 0.3) is 0 Å². The Kier molecular flexibility index (Phi) is 8.04. The lowest BCUT2D eigenvalue weighted by Gasteiger charge is -2.41. The maximum atomic E-state index is 15.0. The van der Waals surface area contributed by atoms with E-state index in [0.717, 1.165) is 0 Å². The minimum atomic E-state index is -1.73. The number of alkyl halides is 1. The predicted octanol–water partition coefficient (Wildman–Crippen LogP) is 3.56. The Labute approximate surface area is 194 Å². The topological polar surface area (TPSA) is 97.4 Å². The van der Waals surface area contributed by atoms with Gasteiger partial charge in [0.1, 0.15) is 35.2 Å². The average molecular weight is 481 g/mol. The van der Waals surface area contributed by atoms with Crippen LogP contribution in [0, 0.1) is 5.92 Å². The van der Waals surface area contributed by atoms with E-state index in [0.29, 0.717) is 16.2 Å². The van der Waals surface area contributed by atoms with E-state index in [9.17, 15) is 14.4 Å². The summed E-state index contributed by atoms with van der Waals surface area (Å²) in [7, 11) is 1.53. The Bertz CT molecular complexity index is 989. The molecule has 5 unspecified atom stereocenters. The number of carbonyl (C=O) groups is 3. The zero-order chi connectivity index (χ0) is 24.1. The maximum Gasteiger partial charge on any atom is 0.303 e. The van der Waals surface area contributed by atoms with Crippen molar-refractivity contribution in [1.82, 2.24) is 0 Å². The molecule has 0 spiro atoms. The molecule has 0 radical (unpaired) electrons. The molecule has 3 rings (SSSR count). The van der Waals surface area contributed by atoms with Crippen LogP contribution in [-0.2, 0) is 23.8 Å². The number of ether oxygens (including phenoxy) is 5. The van der Waals surface area contributed by atoms with E-state index >= 15 is 4.39 Å². The van der Waals surface area contributed by atoms with Gasteiger partial charge in [-0.2, -0.15) is 0 Å². The number of hydrogen-bond acceptors (Lipinski definition) is 9. The van der Waals surface area contributed by atoms with Gasteiger partial charge in [-0.3, -0.25) is 14.4 Å². The number of benzene rings is 1. The molecular weight excluding hydrogens is 455 g/mol. The summed E-state index contributed by atoms with van der Waals surface area (Å²) in [6.07, 6.45) is -5.18. The Morgan fingerprint density at radius 1 is 1.09 bits per heavy atom. The lowest BCUT2D eigenvalue weighted by molar-refractivity contribution is -0.249. The summed E-state index contributed by atoms with van der Waals surface area (Å²) < 4.78 is 41.9. The van der Waals surface area contributed by atoms with Crippen molar-refractivity contribution in [2.45, 2.75) is 45.4 Å². The summed E-state index contributed by atoms with van der Waals surface area (Å²) in [5.74, 6) is -1.36. The lowest BCUT2D eigenvalue weighted by Crippen LogP contribution is -2.56. The molecule has 1 aromatic carbocycles. The molecule has 0 saturated carbocycles. The van der Waals surface area contributed by atoms with E-state index < -0.39 is 42.5 Å². The third kappa shape index (κ3) is 5.88. The largest absolute Gasteiger partial charge is 0.497 e. The van der Waals surface area contributed by atoms with E-state index in [4.69, 9.17) is 23.7 Å². The van der Waals surface area contributed by atoms with Gasteiger partial charge in [-0.25, -0.2) is 4.39 Å². The number of thiophene rings is 1. The number of rotatable bonds is 8. The molecule has 1 aromatic heterocycles. The molecule has 2 heterocycles. The first-order valence-electron chi connectivity index (χ1n) is 10.2. The second-order valence-electron chi connectivity index (χ2n) is 7.51. The molecule has 1 fully saturated rings. The van der Waals surface area contributed by atoms with Gasteiger partial charge in [-0.1, -0.05) is 6.92 Å². The van der Waals surface area contributed by atoms with Gasteiger partial charge in [0.25, 0.3) is 0 Å². The summed E-state index contributed by atoms with van der Waals surface area (Å²) in [6.45, 7) is 3.61. The molecule has 1 saturated heterocycles. The van der Waals surface area contributed by atoms with Crippen LogP contribution < -0.4 is 9.47 Å². The number of methoxy groups -OCH3 is 1. The molecule has 8 nitrogen and oxygen atoms in total. The highest BCUT2D eigenvalue weighted by Crippen LogP contribution is 2.35. The second-order valence-corrected chi connectivity index (χ2v) is 8.43. The first kappa shape index (κ1) is 24.7. The van der Waals surface area contributed by atoms with Crippen LogP contribution in [0.4, 0.5) is 4.39 Å². The number of esters is 2. The standard InChI is InChI=1S/C23H25FO8S/c1-12-21(30-14(3)26)19(24)18(11-29-13(2)25)32-23(12)31-17-9-10-33-22(17)20(27)15-5-7-16(28-4)8-6-15/h5-10,12,18-19,21,23H,11H2,1-4H3. The van der Waals surface area contributed by atoms with Gasteiger partial charge >= 0.3 is 11.9 Å². The monoisotopic (exact) mass is 480 g/mol. The Balaban J connectivity index is 1.82. The summed E-state index contributed by atoms with van der Waals surface area (Å²) in [5, 5.41) is 1.69. The smallest absolute Gasteiger partial charge is 0.303 e. The van der Waals surface area contributed by atoms with Crippen LogP contribution >= 0.6 is 11.3 Å². The number of hydrogen-bond donors (Lipinski definition) is 0. The minimum absolute atomic E-state index is 0.253. The van der Waals surface area contributed by atoms with Crippen LogP contribution in [0.3, 0.4) is 0 Å². The van der Waals surface area contributed by atoms with Crippen LogP contribution in [0.5, 0.6) is 11.5 Å². The van der Waals surface area contributed by atoms with E-state index in [-0.39, 0.29) is 18.1 Å². The highest BCUT2D eigenvalue weighted by molar-refractivity contribution is 7.12. The van der Waals surface area contributed by atoms with Gasteiger partial charge < -0.3 is 23.7 Å². The SMILES string of the molecule is COc1ccc(C(=O)c2sccc2OC2OC(COC(C)=O)C(F)C(OC(C)=O)C2C)cc1. The summed E-state index contributed by atoms with van der Waals surface area (Å²) in [5.41, 5.74) is 0.440. The average Bonchev–Trinajstić information content (AvgIpc) is 3.25. The van der Waals surface area contributed by atoms with Crippen molar-refractivity contribution in [3.63, 3.8) is 0 Å². The van der Waals surface area contributed by atoms with Crippen molar-refractivity contribution < 1.29 is 42.5 Å². The number of carbonyl (C=O) groups excluding carboxylic acids is 3. The fourth-order valence-electron chi connectivity index (χ4n) is 3.41. The van der Waals surface area contributed by atoms with Crippen molar-refractivity contribution in [3.05, 3.63) is 46.2 Å². The van der Waals surface area contributed by atoms with Crippen LogP contribution in [0.1, 0.15) is 36.0 Å². The van der Waals surface area contributed by atoms with Gasteiger partial charge in [-0.05, 0) is 35.7 Å². The second kappa shape index (κ2) is 10.8. The molecular formula is C23H25FO8S. The van der Waals surface area contributed by atoms with Crippen molar-refractivity contribution in [1.29, 1.82) is 0 Å². The van der Waals surface area contributed by atoms with Crippen molar-refractivity contribution >= 4 is 29.1 Å². The quantitative estimate of drug-likeness (QED) is 0.418. The van der Waals surface area contributed by atoms with Gasteiger partial charge in [0.2, 0.25) is 12.1 Å². The summed E-state index contributed by atoms with van der Waals surface area (Å²) >= 11 is 1.19. The van der Waals surface area contributed by atoms with Crippen molar-refractivity contribution in [3.8, 4) is 11.5 Å². The molecule has 5 atom stereocenters. The Morgan fingerprint density at radius 2 is 1.79 bits per heavy atom. The van der Waals surface area contributed by atoms with Gasteiger partial charge in [0.05, 0.1) is 13.0 Å². The highest BCUT2D eigenvalue weighted by atomic mass is 32.1. The van der Waals surface area contributed by atoms with Gasteiger partial charge in [0.15, 0.2) is 6.17 Å². The third-order valence-corrected chi connectivity index (χ3v) is 6.00. The fourth-order valence-corrected chi connectivity index (χ4v) is 4.20. The van der Waals surface area contributed by atoms with E-state index in [1.807, 2.05) is 0 Å². The van der Waals surface area contributed by atoms with Crippen LogP contribution in [0.15, 0.2) is 35.7 Å². The van der Waals surface area contributed by atoms with Gasteiger partial charge in [-0.15, -0.1) is 11.3 Å². The fraction of sp³-hybridized carbons (Fsp3) is 0.435. The molecule has 1 aliphatic heterocycles. The minimum Gasteiger partial charge on any atom is -0.497 e. The van der Waals surface area contributed by atoms with Crippen LogP contribution in [-0.4, -0.2) is 56.1 Å². The van der Waals surface area contributed by atoms with Crippen molar-refractivity contribution in [2.24, 2.45) is 5.92 Å². The molecule has 0 N–H and O–H groups in total. The molecule has 0 bridgehead atoms. The summed E-state index contributed by atoms with van der Waals surface area (Å²) in [6, 6.07) is 8.26. The molecule has 33 heavy (non-hydrogen) atoms. The molecule has 1 aliphatic rings. The Morgan fingerprint density at radius 3 is 2.39 bits per heavy atom. The molecule has 0 aliphatic carbocycles. The molecule has 178 valence electrons. The molecule has 2 aromatic rings. The van der Waals surface area contributed by atoms with E-state index in [1.165, 1.54) is 32.3 Å². The lowest BCUT2D eigenvalue weighted by atomic mass is 9.93. The number of ketones is 1. The maximum absolute atomic E-state index is 15.0. The van der Waals surface area contributed by atoms with Crippen LogP contribution in [0.2, 0.25) is 0 Å². The first-order chi connectivity index (χ1) is 15.7. The number of halogens is 1. The summed E-state index contributed by atoms with van der Waals surface area (Å²) in [4.78, 5) is 36.1. The van der Waals surface area contributed by atoms with Crippen molar-refractivity contribution in [2.75, 3.05) is 13.7 Å².